The number of anilines is 1. The maximum Gasteiger partial charge on any atom is 0.125 e. The third-order valence-electron chi connectivity index (χ3n) is 2.42. The molecule has 0 saturated carbocycles. The Bertz CT molecular complexity index is 357. The molecule has 0 aliphatic carbocycles. The minimum absolute atomic E-state index is 0.228. The van der Waals surface area contributed by atoms with Gasteiger partial charge in [-0.25, -0.2) is 4.39 Å². The summed E-state index contributed by atoms with van der Waals surface area (Å²) in [5, 5.41) is 12.0. The van der Waals surface area contributed by atoms with Gasteiger partial charge in [0.1, 0.15) is 11.9 Å². The molecule has 0 amide bonds. The minimum atomic E-state index is -0.282. The van der Waals surface area contributed by atoms with E-state index < -0.39 is 0 Å². The molecule has 1 atom stereocenters. The van der Waals surface area contributed by atoms with Crippen molar-refractivity contribution in [1.82, 2.24) is 0 Å². The van der Waals surface area contributed by atoms with Crippen LogP contribution in [0, 0.1) is 17.1 Å². The molecule has 0 aromatic heterocycles. The van der Waals surface area contributed by atoms with E-state index in [0.717, 1.165) is 25.7 Å². The van der Waals surface area contributed by atoms with Crippen LogP contribution in [0.2, 0.25) is 0 Å². The Kier molecular flexibility index (Phi) is 5.35. The van der Waals surface area contributed by atoms with Crippen LogP contribution in [-0.2, 0) is 0 Å². The van der Waals surface area contributed by atoms with Gasteiger partial charge in [0.2, 0.25) is 0 Å². The van der Waals surface area contributed by atoms with E-state index in [0.29, 0.717) is 5.69 Å². The minimum Gasteiger partial charge on any atom is -0.370 e. The van der Waals surface area contributed by atoms with Crippen LogP contribution in [0.5, 0.6) is 0 Å². The molecule has 0 spiro atoms. The summed E-state index contributed by atoms with van der Waals surface area (Å²) >= 11 is 0. The van der Waals surface area contributed by atoms with Gasteiger partial charge in [-0.1, -0.05) is 32.3 Å². The van der Waals surface area contributed by atoms with Gasteiger partial charge in [-0.15, -0.1) is 0 Å². The molecule has 1 unspecified atom stereocenters. The Hall–Kier alpha value is -1.56. The molecule has 2 nitrogen and oxygen atoms in total. The van der Waals surface area contributed by atoms with Crippen LogP contribution in [0.3, 0.4) is 0 Å². The third-order valence-corrected chi connectivity index (χ3v) is 2.42. The second-order valence-corrected chi connectivity index (χ2v) is 3.83. The summed E-state index contributed by atoms with van der Waals surface area (Å²) in [6.45, 7) is 2.13. The highest BCUT2D eigenvalue weighted by atomic mass is 19.1. The van der Waals surface area contributed by atoms with E-state index in [1.807, 2.05) is 0 Å². The SMILES string of the molecule is CCCCCC(C#N)Nc1cccc(F)c1. The van der Waals surface area contributed by atoms with Gasteiger partial charge in [-0.05, 0) is 24.6 Å². The third kappa shape index (κ3) is 4.31. The lowest BCUT2D eigenvalue weighted by molar-refractivity contribution is 0.626. The maximum atomic E-state index is 12.9. The molecule has 86 valence electrons. The van der Waals surface area contributed by atoms with E-state index in [1.54, 1.807) is 12.1 Å². The average molecular weight is 220 g/mol. The van der Waals surface area contributed by atoms with Crippen molar-refractivity contribution in [1.29, 1.82) is 5.26 Å². The van der Waals surface area contributed by atoms with Gasteiger partial charge in [0.15, 0.2) is 0 Å². The van der Waals surface area contributed by atoms with Gasteiger partial charge in [0.25, 0.3) is 0 Å². The van der Waals surface area contributed by atoms with Gasteiger partial charge in [0.05, 0.1) is 6.07 Å². The van der Waals surface area contributed by atoms with E-state index in [9.17, 15) is 4.39 Å². The first-order valence-corrected chi connectivity index (χ1v) is 5.68. The smallest absolute Gasteiger partial charge is 0.125 e. The standard InChI is InChI=1S/C13H17FN2/c1-2-3-4-7-13(10-15)16-12-8-5-6-11(14)9-12/h5-6,8-9,13,16H,2-4,7H2,1H3. The number of unbranched alkanes of at least 4 members (excludes halogenated alkanes) is 2. The zero-order valence-electron chi connectivity index (χ0n) is 9.54. The molecule has 0 saturated heterocycles. The van der Waals surface area contributed by atoms with Gasteiger partial charge < -0.3 is 5.32 Å². The van der Waals surface area contributed by atoms with Crippen LogP contribution in [-0.4, -0.2) is 6.04 Å². The molecule has 0 fully saturated rings. The van der Waals surface area contributed by atoms with Crippen LogP contribution in [0.4, 0.5) is 10.1 Å². The van der Waals surface area contributed by atoms with Crippen LogP contribution in [0.1, 0.15) is 32.6 Å². The number of benzene rings is 1. The second-order valence-electron chi connectivity index (χ2n) is 3.83. The number of nitriles is 1. The molecular weight excluding hydrogens is 203 g/mol. The fraction of sp³-hybridized carbons (Fsp3) is 0.462. The van der Waals surface area contributed by atoms with Crippen LogP contribution in [0.25, 0.3) is 0 Å². The van der Waals surface area contributed by atoms with Crippen molar-refractivity contribution in [2.24, 2.45) is 0 Å². The normalized spacial score (nSPS) is 11.8. The molecule has 3 heteroatoms. The quantitative estimate of drug-likeness (QED) is 0.742. The van der Waals surface area contributed by atoms with Crippen molar-refractivity contribution in [2.45, 2.75) is 38.6 Å². The van der Waals surface area contributed by atoms with E-state index >= 15 is 0 Å². The summed E-state index contributed by atoms with van der Waals surface area (Å²) < 4.78 is 12.9. The van der Waals surface area contributed by atoms with Gasteiger partial charge in [-0.2, -0.15) is 5.26 Å². The van der Waals surface area contributed by atoms with Crippen molar-refractivity contribution < 1.29 is 4.39 Å². The van der Waals surface area contributed by atoms with E-state index in [1.165, 1.54) is 12.1 Å². The van der Waals surface area contributed by atoms with Crippen molar-refractivity contribution >= 4 is 5.69 Å². The van der Waals surface area contributed by atoms with Gasteiger partial charge in [-0.3, -0.25) is 0 Å². The lowest BCUT2D eigenvalue weighted by Crippen LogP contribution is -2.17. The van der Waals surface area contributed by atoms with E-state index in [4.69, 9.17) is 5.26 Å². The molecule has 16 heavy (non-hydrogen) atoms. The lowest BCUT2D eigenvalue weighted by atomic mass is 10.1. The largest absolute Gasteiger partial charge is 0.370 e. The average Bonchev–Trinajstić information content (AvgIpc) is 2.28. The first kappa shape index (κ1) is 12.5. The number of halogens is 1. The fourth-order valence-electron chi connectivity index (χ4n) is 1.55. The van der Waals surface area contributed by atoms with Crippen molar-refractivity contribution in [3.8, 4) is 6.07 Å². The van der Waals surface area contributed by atoms with Crippen molar-refractivity contribution in [3.63, 3.8) is 0 Å². The zero-order valence-corrected chi connectivity index (χ0v) is 9.54. The summed E-state index contributed by atoms with van der Waals surface area (Å²) in [5.74, 6) is -0.282. The number of hydrogen-bond acceptors (Lipinski definition) is 2. The Morgan fingerprint density at radius 2 is 2.25 bits per heavy atom. The van der Waals surface area contributed by atoms with Crippen molar-refractivity contribution in [2.75, 3.05) is 5.32 Å². The predicted octanol–water partition coefficient (Wildman–Crippen LogP) is 3.71. The van der Waals surface area contributed by atoms with E-state index in [2.05, 4.69) is 18.3 Å². The highest BCUT2D eigenvalue weighted by molar-refractivity contribution is 5.45. The number of nitrogens with zero attached hydrogens (tertiary/aromatic N) is 1. The van der Waals surface area contributed by atoms with Crippen molar-refractivity contribution in [3.05, 3.63) is 30.1 Å². The maximum absolute atomic E-state index is 12.9. The van der Waals surface area contributed by atoms with Crippen LogP contribution in [0.15, 0.2) is 24.3 Å². The predicted molar refractivity (Wildman–Crippen MR) is 63.6 cm³/mol. The number of nitrogens with one attached hydrogen (secondary N) is 1. The molecule has 0 aliphatic rings. The van der Waals surface area contributed by atoms with Crippen LogP contribution >= 0.6 is 0 Å². The summed E-state index contributed by atoms with van der Waals surface area (Å²) in [6, 6.07) is 8.17. The lowest BCUT2D eigenvalue weighted by Gasteiger charge is -2.12. The summed E-state index contributed by atoms with van der Waals surface area (Å²) in [5.41, 5.74) is 0.669. The summed E-state index contributed by atoms with van der Waals surface area (Å²) in [6.07, 6.45) is 4.10. The number of hydrogen-bond donors (Lipinski definition) is 1. The first-order valence-electron chi connectivity index (χ1n) is 5.68. The second kappa shape index (κ2) is 6.84. The number of rotatable bonds is 6. The summed E-state index contributed by atoms with van der Waals surface area (Å²) in [4.78, 5) is 0. The Morgan fingerprint density at radius 3 is 2.88 bits per heavy atom. The van der Waals surface area contributed by atoms with Gasteiger partial charge in [0, 0.05) is 5.69 Å². The molecule has 1 rings (SSSR count). The molecular formula is C13H17FN2. The fourth-order valence-corrected chi connectivity index (χ4v) is 1.55. The monoisotopic (exact) mass is 220 g/mol. The Balaban J connectivity index is 2.47. The van der Waals surface area contributed by atoms with E-state index in [-0.39, 0.29) is 11.9 Å². The highest BCUT2D eigenvalue weighted by Crippen LogP contribution is 2.13. The molecule has 0 aliphatic heterocycles. The summed E-state index contributed by atoms with van der Waals surface area (Å²) in [7, 11) is 0. The molecule has 0 bridgehead atoms. The molecule has 1 N–H and O–H groups in total. The zero-order chi connectivity index (χ0) is 11.8. The topological polar surface area (TPSA) is 35.8 Å². The van der Waals surface area contributed by atoms with Gasteiger partial charge >= 0.3 is 0 Å². The highest BCUT2D eigenvalue weighted by Gasteiger charge is 2.06. The molecule has 0 radical (unpaired) electrons. The molecule has 1 aromatic carbocycles. The van der Waals surface area contributed by atoms with Crippen LogP contribution < -0.4 is 5.32 Å². The molecule has 0 heterocycles. The Morgan fingerprint density at radius 1 is 1.44 bits per heavy atom. The first-order chi connectivity index (χ1) is 7.76. The molecule has 1 aromatic rings. The Labute approximate surface area is 96.1 Å².